The Bertz CT molecular complexity index is 827. The molecule has 0 spiro atoms. The van der Waals surface area contributed by atoms with Gasteiger partial charge in [-0.3, -0.25) is 4.79 Å². The van der Waals surface area contributed by atoms with E-state index in [4.69, 9.17) is 19.9 Å². The average Bonchev–Trinajstić information content (AvgIpc) is 2.67. The molecule has 0 heterocycles. The molecule has 2 rings (SSSR count). The van der Waals surface area contributed by atoms with E-state index in [2.05, 4.69) is 5.32 Å². The van der Waals surface area contributed by atoms with E-state index in [-0.39, 0.29) is 11.4 Å². The number of anilines is 1. The third-order valence-corrected chi connectivity index (χ3v) is 3.83. The maximum absolute atomic E-state index is 11.7. The molecule has 1 atom stereocenters. The van der Waals surface area contributed by atoms with Crippen molar-refractivity contribution in [2.75, 3.05) is 26.6 Å². The van der Waals surface area contributed by atoms with Crippen LogP contribution in [0.1, 0.15) is 18.1 Å². The van der Waals surface area contributed by atoms with E-state index in [1.54, 1.807) is 33.5 Å². The number of ether oxygens (including phenoxy) is 3. The Labute approximate surface area is 158 Å². The van der Waals surface area contributed by atoms with Crippen molar-refractivity contribution in [2.45, 2.75) is 13.0 Å². The molecule has 0 aliphatic carbocycles. The predicted molar refractivity (Wildman–Crippen MR) is 104 cm³/mol. The molecule has 0 saturated heterocycles. The van der Waals surface area contributed by atoms with Gasteiger partial charge < -0.3 is 24.6 Å². The van der Waals surface area contributed by atoms with Gasteiger partial charge in [-0.2, -0.15) is 0 Å². The minimum atomic E-state index is -0.928. The van der Waals surface area contributed by atoms with Crippen LogP contribution < -0.4 is 25.3 Å². The minimum Gasteiger partial charge on any atom is -0.506 e. The van der Waals surface area contributed by atoms with Crippen molar-refractivity contribution < 1.29 is 24.1 Å². The molecule has 8 heteroatoms. The number of hydrogen-bond donors (Lipinski definition) is 2. The van der Waals surface area contributed by atoms with Crippen molar-refractivity contribution >= 4 is 23.7 Å². The second kappa shape index (κ2) is 9.49. The largest absolute Gasteiger partial charge is 0.506 e. The van der Waals surface area contributed by atoms with Crippen LogP contribution in [0.15, 0.2) is 30.3 Å². The molecule has 145 valence electrons. The van der Waals surface area contributed by atoms with Crippen molar-refractivity contribution in [3.63, 3.8) is 0 Å². The topological polar surface area (TPSA) is 101 Å². The SMILES string of the molecule is COc1cc(/C=C\c2ccc(O)c(NC(=O)C(C)[NH])c2)cc(OC)c1OC.[Rf]. The monoisotopic (exact) mass is 638 g/mol. The number of methoxy groups -OCH3 is 3. The molecule has 3 N–H and O–H groups in total. The summed E-state index contributed by atoms with van der Waals surface area (Å²) < 4.78 is 16.0. The van der Waals surface area contributed by atoms with Crippen LogP contribution in [0, 0.1) is 0 Å². The summed E-state index contributed by atoms with van der Waals surface area (Å²) in [5.41, 5.74) is 9.26. The van der Waals surface area contributed by atoms with Crippen LogP contribution in [-0.4, -0.2) is 38.4 Å². The summed E-state index contributed by atoms with van der Waals surface area (Å²) in [5.74, 6) is 1.04. The van der Waals surface area contributed by atoms with Crippen LogP contribution in [0.25, 0.3) is 12.2 Å². The van der Waals surface area contributed by atoms with Crippen LogP contribution in [0.4, 0.5) is 5.69 Å². The van der Waals surface area contributed by atoms with Crippen LogP contribution in [0.3, 0.4) is 0 Å². The van der Waals surface area contributed by atoms with Gasteiger partial charge in [0.05, 0.1) is 33.1 Å². The number of benzene rings is 2. The fraction of sp³-hybridized carbons (Fsp3) is 0.250. The maximum Gasteiger partial charge on any atom is 0.242 e. The maximum atomic E-state index is 11.7. The van der Waals surface area contributed by atoms with Crippen molar-refractivity contribution in [2.24, 2.45) is 0 Å². The number of phenolic OH excluding ortho intramolecular Hbond substituents is 1. The van der Waals surface area contributed by atoms with Gasteiger partial charge >= 0.3 is 0 Å². The third-order valence-electron chi connectivity index (χ3n) is 3.83. The standard InChI is InChI=1S/C20H23N2O5.Rf/c1-12(21)20(24)22-15-9-13(7-8-16(15)23)5-6-14-10-17(25-2)19(27-4)18(11-14)26-3;/h5-12,21,23H,1-4H3,(H,22,24);/b6-5-;. The first-order valence-corrected chi connectivity index (χ1v) is 8.22. The number of rotatable bonds is 7. The fourth-order valence-corrected chi connectivity index (χ4v) is 2.39. The Morgan fingerprint density at radius 2 is 1.61 bits per heavy atom. The molecule has 1 amide bonds. The van der Waals surface area contributed by atoms with Gasteiger partial charge in [-0.05, 0) is 42.3 Å². The van der Waals surface area contributed by atoms with Crippen LogP contribution >= 0.6 is 0 Å². The van der Waals surface area contributed by atoms with E-state index in [1.807, 2.05) is 24.3 Å². The van der Waals surface area contributed by atoms with Crippen LogP contribution in [0.5, 0.6) is 23.0 Å². The molecule has 2 aromatic carbocycles. The molecule has 2 aromatic rings. The first-order chi connectivity index (χ1) is 12.9. The smallest absolute Gasteiger partial charge is 0.242 e. The normalized spacial score (nSPS) is 11.5. The number of phenols is 1. The van der Waals surface area contributed by atoms with Crippen LogP contribution in [0.2, 0.25) is 0 Å². The number of aromatic hydroxyl groups is 1. The van der Waals surface area contributed by atoms with E-state index >= 15 is 0 Å². The van der Waals surface area contributed by atoms with Gasteiger partial charge in [0.1, 0.15) is 5.75 Å². The number of hydrogen-bond acceptors (Lipinski definition) is 5. The molecular weight excluding hydrogens is 615 g/mol. The van der Waals surface area contributed by atoms with Gasteiger partial charge in [-0.1, -0.05) is 18.2 Å². The zero-order valence-corrected chi connectivity index (χ0v) is 22.8. The van der Waals surface area contributed by atoms with Gasteiger partial charge in [-0.25, -0.2) is 5.73 Å². The number of nitrogens with one attached hydrogen (secondary N) is 2. The Kier molecular flexibility index (Phi) is 7.41. The molecule has 0 aliphatic rings. The predicted octanol–water partition coefficient (Wildman–Crippen LogP) is 3.20. The molecule has 28 heavy (non-hydrogen) atoms. The minimum absolute atomic E-state index is 0. The van der Waals surface area contributed by atoms with Crippen molar-refractivity contribution in [1.29, 1.82) is 0 Å². The van der Waals surface area contributed by atoms with Gasteiger partial charge in [0, 0.05) is 0 Å². The summed E-state index contributed by atoms with van der Waals surface area (Å²) in [7, 11) is 4.64. The molecule has 0 aliphatic heterocycles. The van der Waals surface area contributed by atoms with Gasteiger partial charge in [0.15, 0.2) is 11.5 Å². The van der Waals surface area contributed by atoms with E-state index < -0.39 is 11.9 Å². The second-order valence-corrected chi connectivity index (χ2v) is 5.78. The number of carbonyl (C=O) groups excluding carboxylic acids is 1. The quantitative estimate of drug-likeness (QED) is 0.359. The van der Waals surface area contributed by atoms with Gasteiger partial charge in [0.2, 0.25) is 11.7 Å². The van der Waals surface area contributed by atoms with Crippen molar-refractivity contribution in [3.05, 3.63) is 41.5 Å². The number of carbonyl (C=O) groups is 1. The van der Waals surface area contributed by atoms with Crippen LogP contribution in [-0.2, 0) is 4.79 Å². The third kappa shape index (κ3) is 4.92. The van der Waals surface area contributed by atoms with Crippen molar-refractivity contribution in [3.8, 4) is 23.0 Å². The summed E-state index contributed by atoms with van der Waals surface area (Å²) in [6.45, 7) is 1.46. The van der Waals surface area contributed by atoms with Crippen molar-refractivity contribution in [1.82, 2.24) is 5.73 Å². The van der Waals surface area contributed by atoms with Gasteiger partial charge in [-0.15, -0.1) is 0 Å². The van der Waals surface area contributed by atoms with Gasteiger partial charge in [0.25, 0.3) is 0 Å². The first-order valence-electron chi connectivity index (χ1n) is 8.22. The Morgan fingerprint density at radius 3 is 2.11 bits per heavy atom. The molecule has 0 fully saturated rings. The molecule has 1 unspecified atom stereocenters. The summed E-state index contributed by atoms with van der Waals surface area (Å²) in [4.78, 5) is 11.7. The molecule has 1 radical (unpaired) electrons. The summed E-state index contributed by atoms with van der Waals surface area (Å²) in [5, 5.41) is 12.4. The molecule has 0 saturated carbocycles. The Balaban J connectivity index is 0.00000392. The van der Waals surface area contributed by atoms with E-state index in [9.17, 15) is 9.90 Å². The molecule has 0 aromatic heterocycles. The Hall–Kier alpha value is -4.19. The summed E-state index contributed by atoms with van der Waals surface area (Å²) >= 11 is 0. The molecule has 0 bridgehead atoms. The molecule has 7 nitrogen and oxygen atoms in total. The zero-order valence-electron chi connectivity index (χ0n) is 16.4. The second-order valence-electron chi connectivity index (χ2n) is 5.78. The Morgan fingerprint density at radius 1 is 1.04 bits per heavy atom. The molecular formula is C20H23N2O5Rf. The van der Waals surface area contributed by atoms with E-state index in [1.165, 1.54) is 13.0 Å². The summed E-state index contributed by atoms with van der Waals surface area (Å²) in [6.07, 6.45) is 3.66. The zero-order chi connectivity index (χ0) is 20.0. The van der Waals surface area contributed by atoms with E-state index in [0.717, 1.165) is 11.1 Å². The van der Waals surface area contributed by atoms with E-state index in [0.29, 0.717) is 17.2 Å². The average molecular weight is 638 g/mol. The fourth-order valence-electron chi connectivity index (χ4n) is 2.39. The first kappa shape index (κ1) is 21.9. The number of amides is 1. The summed E-state index contributed by atoms with van der Waals surface area (Å²) in [6, 6.07) is 7.51.